The quantitative estimate of drug-likeness (QED) is 0.0417. The SMILES string of the molecule is CCOc1c(CON(CC)c2cccc([N+](=O)[O-])c2)cc2ccc3c4ccccc4[nH]c3c2c1N=Nc1ccc(N(C)c2ccc(N=Nc3c(OCC)c(C(=O)N(CC)c4cccc([N+](=O)[O-])c4)cc4ccc5c6ccccc6[nH]c5c34)cc2)cc1. The second kappa shape index (κ2) is 23.7. The molecule has 1 amide bonds. The van der Waals surface area contributed by atoms with E-state index in [1.165, 1.54) is 29.2 Å². The van der Waals surface area contributed by atoms with Gasteiger partial charge in [0.1, 0.15) is 18.0 Å². The van der Waals surface area contributed by atoms with E-state index in [1.807, 2.05) is 143 Å². The van der Waals surface area contributed by atoms with Gasteiger partial charge in [-0.2, -0.15) is 10.2 Å². The summed E-state index contributed by atoms with van der Waals surface area (Å²) >= 11 is 0. The number of amides is 1. The number of non-ortho nitro benzene ring substituents is 2. The molecule has 19 heteroatoms. The van der Waals surface area contributed by atoms with Gasteiger partial charge < -0.3 is 29.2 Å². The number of fused-ring (bicyclic) bond motifs is 10. The Kier molecular flexibility index (Phi) is 15.3. The minimum atomic E-state index is -0.483. The van der Waals surface area contributed by atoms with E-state index >= 15 is 0 Å². The molecule has 0 atom stereocenters. The summed E-state index contributed by atoms with van der Waals surface area (Å²) in [5, 5.41) is 51.8. The molecule has 0 unspecified atom stereocenters. The van der Waals surface area contributed by atoms with Crippen molar-refractivity contribution in [2.75, 3.05) is 48.2 Å². The van der Waals surface area contributed by atoms with Crippen molar-refractivity contribution in [3.8, 4) is 11.5 Å². The van der Waals surface area contributed by atoms with Crippen molar-refractivity contribution in [2.24, 2.45) is 20.5 Å². The van der Waals surface area contributed by atoms with E-state index in [0.717, 1.165) is 71.1 Å². The fourth-order valence-electron chi connectivity index (χ4n) is 11.1. The molecule has 19 nitrogen and oxygen atoms in total. The molecule has 10 aromatic carbocycles. The number of nitrogens with zero attached hydrogens (tertiary/aromatic N) is 9. The molecule has 0 aliphatic rings. The zero-order valence-electron chi connectivity index (χ0n) is 47.6. The van der Waals surface area contributed by atoms with Crippen LogP contribution in [0.2, 0.25) is 0 Å². The Morgan fingerprint density at radius 1 is 0.512 bits per heavy atom. The summed E-state index contributed by atoms with van der Waals surface area (Å²) in [5.74, 6) is 0.319. The molecule has 12 rings (SSSR count). The van der Waals surface area contributed by atoms with E-state index in [-0.39, 0.29) is 42.4 Å². The number of benzene rings is 10. The Morgan fingerprint density at radius 3 is 1.53 bits per heavy atom. The maximum atomic E-state index is 14.8. The van der Waals surface area contributed by atoms with Gasteiger partial charge in [0.25, 0.3) is 17.3 Å². The van der Waals surface area contributed by atoms with Crippen LogP contribution in [0, 0.1) is 20.2 Å². The number of carbonyl (C=O) groups is 1. The van der Waals surface area contributed by atoms with Crippen molar-refractivity contribution < 1.29 is 29.0 Å². The summed E-state index contributed by atoms with van der Waals surface area (Å²) in [4.78, 5) is 54.4. The van der Waals surface area contributed by atoms with Gasteiger partial charge in [-0.25, -0.2) is 0 Å². The first-order chi connectivity index (χ1) is 41.9. The topological polar surface area (TPSA) is 222 Å². The minimum absolute atomic E-state index is 0.0372. The standard InChI is InChI=1S/C67H57N11O8/c1-6-75(48-16-14-18-50(38-48)77(80)81)67(79)56-37-42-25-35-55-53-21-11-13-23-58(53)69-62(55)60(42)64(66(56)85-9-4)73-71-45-28-32-47(33-29-45)74(5)46-30-26-44(27-31-46)70-72-63-59-41(24-34-54-52-20-10-12-22-57(52)68-61(54)59)36-43(65(63)84-8-3)40-86-76(7-2)49-17-15-19-51(39-49)78(82)83/h10-39,68-69H,6-9,40H2,1-5H3. The summed E-state index contributed by atoms with van der Waals surface area (Å²) < 4.78 is 12.8. The molecule has 0 saturated carbocycles. The number of para-hydroxylation sites is 2. The predicted molar refractivity (Wildman–Crippen MR) is 340 cm³/mol. The molecular formula is C67H57N11O8. The summed E-state index contributed by atoms with van der Waals surface area (Å²) in [6.45, 7) is 8.74. The molecule has 2 aromatic heterocycles. The first-order valence-corrected chi connectivity index (χ1v) is 28.2. The second-order valence-electron chi connectivity index (χ2n) is 20.3. The average molecular weight is 1140 g/mol. The highest BCUT2D eigenvalue weighted by Gasteiger charge is 2.28. The minimum Gasteiger partial charge on any atom is -0.491 e. The van der Waals surface area contributed by atoms with Crippen molar-refractivity contribution in [2.45, 2.75) is 34.3 Å². The number of rotatable bonds is 20. The maximum Gasteiger partial charge on any atom is 0.271 e. The largest absolute Gasteiger partial charge is 0.491 e. The number of hydrogen-bond acceptors (Lipinski definition) is 14. The van der Waals surface area contributed by atoms with Crippen LogP contribution in [-0.2, 0) is 11.4 Å². The number of aromatic amines is 2. The van der Waals surface area contributed by atoms with Crippen LogP contribution >= 0.6 is 0 Å². The number of azo groups is 2. The number of carbonyl (C=O) groups excluding carboxylic acids is 1. The molecule has 0 aliphatic heterocycles. The van der Waals surface area contributed by atoms with Gasteiger partial charge in [-0.1, -0.05) is 72.8 Å². The molecule has 12 aromatic rings. The molecule has 0 bridgehead atoms. The molecule has 0 saturated heterocycles. The van der Waals surface area contributed by atoms with Crippen LogP contribution in [0.15, 0.2) is 202 Å². The molecule has 0 fully saturated rings. The molecule has 2 N–H and O–H groups in total. The number of hydroxylamine groups is 1. The van der Waals surface area contributed by atoms with E-state index in [1.54, 1.807) is 35.4 Å². The van der Waals surface area contributed by atoms with E-state index in [0.29, 0.717) is 64.0 Å². The first-order valence-electron chi connectivity index (χ1n) is 28.2. The Bertz CT molecular complexity index is 4670. The normalized spacial score (nSPS) is 11.7. The smallest absolute Gasteiger partial charge is 0.271 e. The zero-order valence-corrected chi connectivity index (χ0v) is 47.6. The van der Waals surface area contributed by atoms with E-state index < -0.39 is 15.8 Å². The molecule has 86 heavy (non-hydrogen) atoms. The van der Waals surface area contributed by atoms with Crippen molar-refractivity contribution in [1.82, 2.24) is 9.97 Å². The van der Waals surface area contributed by atoms with Gasteiger partial charge >= 0.3 is 0 Å². The van der Waals surface area contributed by atoms with Gasteiger partial charge in [0.15, 0.2) is 11.5 Å². The van der Waals surface area contributed by atoms with Crippen molar-refractivity contribution in [3.63, 3.8) is 0 Å². The Labute approximate surface area is 492 Å². The number of H-pyrrole nitrogens is 2. The lowest BCUT2D eigenvalue weighted by atomic mass is 9.99. The molecule has 0 radical (unpaired) electrons. The molecular weight excluding hydrogens is 1090 g/mol. The van der Waals surface area contributed by atoms with Gasteiger partial charge in [0.2, 0.25) is 0 Å². The number of nitro benzene ring substituents is 2. The van der Waals surface area contributed by atoms with Crippen LogP contribution in [0.5, 0.6) is 11.5 Å². The first kappa shape index (κ1) is 55.5. The highest BCUT2D eigenvalue weighted by atomic mass is 16.7. The fourth-order valence-corrected chi connectivity index (χ4v) is 11.1. The van der Waals surface area contributed by atoms with Crippen LogP contribution in [0.4, 0.5) is 56.9 Å². The molecule has 0 spiro atoms. The van der Waals surface area contributed by atoms with Crippen LogP contribution in [0.1, 0.15) is 43.6 Å². The van der Waals surface area contributed by atoms with Crippen molar-refractivity contribution in [3.05, 3.63) is 213 Å². The summed E-state index contributed by atoms with van der Waals surface area (Å²) in [5.41, 5.74) is 9.08. The third kappa shape index (κ3) is 10.5. The van der Waals surface area contributed by atoms with Crippen LogP contribution in [-0.4, -0.2) is 59.1 Å². The Hall–Kier alpha value is -11.1. The number of aromatic nitrogens is 2. The summed E-state index contributed by atoms with van der Waals surface area (Å²) in [6, 6.07) is 55.8. The van der Waals surface area contributed by atoms with Gasteiger partial charge in [0.05, 0.1) is 62.4 Å². The van der Waals surface area contributed by atoms with Crippen molar-refractivity contribution >= 4 is 128 Å². The number of nitro groups is 2. The summed E-state index contributed by atoms with van der Waals surface area (Å²) in [7, 11) is 1.97. The van der Waals surface area contributed by atoms with Gasteiger partial charge in [-0.05, 0) is 123 Å². The molecule has 428 valence electrons. The fraction of sp³-hybridized carbons (Fsp3) is 0.149. The maximum absolute atomic E-state index is 14.8. The second-order valence-corrected chi connectivity index (χ2v) is 20.3. The Morgan fingerprint density at radius 2 is 1.01 bits per heavy atom. The number of hydrogen-bond donors (Lipinski definition) is 2. The number of nitrogens with one attached hydrogen (secondary N) is 2. The highest BCUT2D eigenvalue weighted by molar-refractivity contribution is 6.23. The summed E-state index contributed by atoms with van der Waals surface area (Å²) in [6.07, 6.45) is 0. The number of ether oxygens (including phenoxy) is 2. The number of anilines is 4. The average Bonchev–Trinajstić information content (AvgIpc) is 1.60. The third-order valence-electron chi connectivity index (χ3n) is 15.2. The van der Waals surface area contributed by atoms with Gasteiger partial charge in [-0.15, -0.1) is 10.2 Å². The van der Waals surface area contributed by atoms with Gasteiger partial charge in [0, 0.05) is 105 Å². The molecule has 2 heterocycles. The zero-order chi connectivity index (χ0) is 59.6. The highest BCUT2D eigenvalue weighted by Crippen LogP contribution is 2.47. The van der Waals surface area contributed by atoms with Crippen LogP contribution in [0.3, 0.4) is 0 Å². The van der Waals surface area contributed by atoms with E-state index in [9.17, 15) is 25.0 Å². The van der Waals surface area contributed by atoms with Crippen LogP contribution < -0.4 is 24.3 Å². The monoisotopic (exact) mass is 1140 g/mol. The lowest BCUT2D eigenvalue weighted by molar-refractivity contribution is -0.385. The predicted octanol–water partition coefficient (Wildman–Crippen LogP) is 18.1. The van der Waals surface area contributed by atoms with Crippen molar-refractivity contribution in [1.29, 1.82) is 0 Å². The van der Waals surface area contributed by atoms with Gasteiger partial charge in [-0.3, -0.25) is 34.9 Å². The van der Waals surface area contributed by atoms with E-state index in [2.05, 4.69) is 34.2 Å². The lowest BCUT2D eigenvalue weighted by Gasteiger charge is -2.23. The molecule has 0 aliphatic carbocycles. The van der Waals surface area contributed by atoms with E-state index in [4.69, 9.17) is 34.8 Å². The lowest BCUT2D eigenvalue weighted by Crippen LogP contribution is -2.31. The third-order valence-corrected chi connectivity index (χ3v) is 15.2. The van der Waals surface area contributed by atoms with Crippen LogP contribution in [0.25, 0.3) is 65.2 Å². The Balaban J connectivity index is 0.856.